The minimum atomic E-state index is -1.20. The number of likely N-dealkylation sites (tertiary alicyclic amines) is 1. The minimum absolute atomic E-state index is 0.356. The van der Waals surface area contributed by atoms with Crippen LogP contribution in [0.3, 0.4) is 0 Å². The Balaban J connectivity index is 2.28. The molecule has 0 radical (unpaired) electrons. The maximum atomic E-state index is 11.8. The van der Waals surface area contributed by atoms with Crippen LogP contribution in [-0.4, -0.2) is 38.0 Å². The zero-order valence-corrected chi connectivity index (χ0v) is 12.2. The Bertz CT molecular complexity index is 293. The van der Waals surface area contributed by atoms with E-state index in [1.807, 2.05) is 0 Å². The second kappa shape index (κ2) is 3.95. The van der Waals surface area contributed by atoms with E-state index >= 15 is 0 Å². The van der Waals surface area contributed by atoms with E-state index in [0.717, 1.165) is 19.3 Å². The van der Waals surface area contributed by atoms with Crippen LogP contribution in [-0.2, 0) is 4.79 Å². The van der Waals surface area contributed by atoms with E-state index in [4.69, 9.17) is 0 Å². The van der Waals surface area contributed by atoms with Crippen molar-refractivity contribution >= 4 is 13.9 Å². The number of ketones is 1. The molecular formula is C13H25NOSi. The fourth-order valence-corrected chi connectivity index (χ4v) is 8.05. The summed E-state index contributed by atoms with van der Waals surface area (Å²) in [6, 6.07) is 0. The van der Waals surface area contributed by atoms with Gasteiger partial charge in [-0.05, 0) is 38.3 Å². The fourth-order valence-electron chi connectivity index (χ4n) is 4.37. The highest BCUT2D eigenvalue weighted by Crippen LogP contribution is 2.49. The Morgan fingerprint density at radius 1 is 1.31 bits per heavy atom. The fraction of sp³-hybridized carbons (Fsp3) is 0.923. The minimum Gasteiger partial charge on any atom is -0.306 e. The topological polar surface area (TPSA) is 20.3 Å². The Hall–Kier alpha value is -0.153. The van der Waals surface area contributed by atoms with Gasteiger partial charge in [0.2, 0.25) is 0 Å². The molecule has 16 heavy (non-hydrogen) atoms. The normalized spacial score (nSPS) is 37.2. The first-order valence-electron chi connectivity index (χ1n) is 6.57. The van der Waals surface area contributed by atoms with Gasteiger partial charge in [0.05, 0.1) is 8.07 Å². The summed E-state index contributed by atoms with van der Waals surface area (Å²) in [5.41, 5.74) is 1.07. The number of carbonyl (C=O) groups is 1. The quantitative estimate of drug-likeness (QED) is 0.656. The first kappa shape index (κ1) is 12.3. The van der Waals surface area contributed by atoms with Crippen molar-refractivity contribution in [1.29, 1.82) is 0 Å². The molecule has 1 spiro atoms. The van der Waals surface area contributed by atoms with Crippen LogP contribution in [0.25, 0.3) is 0 Å². The highest BCUT2D eigenvalue weighted by atomic mass is 28.3. The molecule has 1 saturated heterocycles. The van der Waals surface area contributed by atoms with Crippen molar-refractivity contribution in [2.45, 2.75) is 57.4 Å². The molecule has 2 atom stereocenters. The van der Waals surface area contributed by atoms with E-state index in [-0.39, 0.29) is 0 Å². The lowest BCUT2D eigenvalue weighted by atomic mass is 9.72. The SMILES string of the molecule is CN1CCC2(CCCC(=O)C2)C1[Si](C)(C)C. The lowest BCUT2D eigenvalue weighted by Crippen LogP contribution is -2.55. The van der Waals surface area contributed by atoms with Crippen LogP contribution in [0.1, 0.15) is 32.1 Å². The summed E-state index contributed by atoms with van der Waals surface area (Å²) < 4.78 is 0. The van der Waals surface area contributed by atoms with E-state index in [2.05, 4.69) is 31.6 Å². The Labute approximate surface area is 100 Å². The van der Waals surface area contributed by atoms with Crippen molar-refractivity contribution in [2.24, 2.45) is 5.41 Å². The number of carbonyl (C=O) groups excluding carboxylic acids is 1. The lowest BCUT2D eigenvalue weighted by molar-refractivity contribution is -0.123. The molecule has 2 nitrogen and oxygen atoms in total. The average molecular weight is 239 g/mol. The van der Waals surface area contributed by atoms with Gasteiger partial charge >= 0.3 is 0 Å². The molecule has 1 aliphatic carbocycles. The van der Waals surface area contributed by atoms with Crippen molar-refractivity contribution in [3.63, 3.8) is 0 Å². The van der Waals surface area contributed by atoms with Gasteiger partial charge in [-0.2, -0.15) is 0 Å². The van der Waals surface area contributed by atoms with E-state index in [0.29, 0.717) is 16.9 Å². The van der Waals surface area contributed by atoms with Crippen molar-refractivity contribution in [1.82, 2.24) is 4.90 Å². The van der Waals surface area contributed by atoms with Crippen molar-refractivity contribution in [3.05, 3.63) is 0 Å². The summed E-state index contributed by atoms with van der Waals surface area (Å²) in [5.74, 6) is 0.518. The molecule has 3 heteroatoms. The standard InChI is InChI=1S/C13H25NOSi/c1-14-9-8-13(12(14)16(2,3)4)7-5-6-11(15)10-13/h12H,5-10H2,1-4H3. The van der Waals surface area contributed by atoms with Crippen LogP contribution in [0.2, 0.25) is 19.6 Å². The third-order valence-corrected chi connectivity index (χ3v) is 7.18. The smallest absolute Gasteiger partial charge is 0.133 e. The molecule has 1 heterocycles. The van der Waals surface area contributed by atoms with E-state index in [1.165, 1.54) is 19.4 Å². The molecule has 1 saturated carbocycles. The zero-order chi connectivity index (χ0) is 12.0. The Morgan fingerprint density at radius 2 is 2.00 bits per heavy atom. The number of nitrogens with zero attached hydrogens (tertiary/aromatic N) is 1. The van der Waals surface area contributed by atoms with Gasteiger partial charge in [0.25, 0.3) is 0 Å². The lowest BCUT2D eigenvalue weighted by Gasteiger charge is -2.45. The van der Waals surface area contributed by atoms with Gasteiger partial charge in [0, 0.05) is 18.5 Å². The molecule has 2 aliphatic rings. The third-order valence-electron chi connectivity index (χ3n) is 4.48. The van der Waals surface area contributed by atoms with Crippen LogP contribution in [0.15, 0.2) is 0 Å². The van der Waals surface area contributed by atoms with Crippen LogP contribution in [0.4, 0.5) is 0 Å². The first-order valence-corrected chi connectivity index (χ1v) is 10.1. The summed E-state index contributed by atoms with van der Waals surface area (Å²) >= 11 is 0. The molecule has 0 amide bonds. The molecule has 0 aromatic rings. The molecule has 0 bridgehead atoms. The molecule has 2 rings (SSSR count). The van der Waals surface area contributed by atoms with Crippen molar-refractivity contribution in [3.8, 4) is 0 Å². The monoisotopic (exact) mass is 239 g/mol. The van der Waals surface area contributed by atoms with E-state index < -0.39 is 8.07 Å². The maximum Gasteiger partial charge on any atom is 0.133 e. The van der Waals surface area contributed by atoms with Crippen molar-refractivity contribution < 1.29 is 4.79 Å². The Morgan fingerprint density at radius 3 is 2.56 bits per heavy atom. The first-order chi connectivity index (χ1) is 7.35. The highest BCUT2D eigenvalue weighted by molar-refractivity contribution is 6.77. The molecule has 1 aliphatic heterocycles. The molecule has 2 unspecified atom stereocenters. The number of rotatable bonds is 1. The van der Waals surface area contributed by atoms with Gasteiger partial charge in [-0.3, -0.25) is 4.79 Å². The van der Waals surface area contributed by atoms with Crippen LogP contribution in [0, 0.1) is 5.41 Å². The predicted octanol–water partition coefficient (Wildman–Crippen LogP) is 2.70. The third kappa shape index (κ3) is 1.99. The predicted molar refractivity (Wildman–Crippen MR) is 70.3 cm³/mol. The number of Topliss-reactive ketones (excluding diaryl/α,β-unsaturated/α-hetero) is 1. The van der Waals surface area contributed by atoms with Gasteiger partial charge in [-0.15, -0.1) is 0 Å². The summed E-state index contributed by atoms with van der Waals surface area (Å²) in [6.45, 7) is 8.57. The van der Waals surface area contributed by atoms with Gasteiger partial charge in [-0.25, -0.2) is 0 Å². The zero-order valence-electron chi connectivity index (χ0n) is 11.2. The second-order valence-electron chi connectivity index (χ2n) is 6.93. The van der Waals surface area contributed by atoms with Gasteiger partial charge in [0.1, 0.15) is 5.78 Å². The number of hydrogen-bond donors (Lipinski definition) is 0. The molecule has 0 N–H and O–H groups in total. The molecule has 92 valence electrons. The molecule has 2 fully saturated rings. The van der Waals surface area contributed by atoms with Crippen molar-refractivity contribution in [2.75, 3.05) is 13.6 Å². The highest BCUT2D eigenvalue weighted by Gasteiger charge is 2.52. The molecule has 0 aromatic heterocycles. The molecular weight excluding hydrogens is 214 g/mol. The van der Waals surface area contributed by atoms with Gasteiger partial charge in [-0.1, -0.05) is 19.6 Å². The van der Waals surface area contributed by atoms with E-state index in [1.54, 1.807) is 0 Å². The maximum absolute atomic E-state index is 11.8. The average Bonchev–Trinajstić information content (AvgIpc) is 2.41. The Kier molecular flexibility index (Phi) is 3.04. The van der Waals surface area contributed by atoms with Gasteiger partial charge in [0.15, 0.2) is 0 Å². The molecule has 0 aromatic carbocycles. The van der Waals surface area contributed by atoms with Crippen LogP contribution >= 0.6 is 0 Å². The van der Waals surface area contributed by atoms with Gasteiger partial charge < -0.3 is 4.90 Å². The summed E-state index contributed by atoms with van der Waals surface area (Å²) in [7, 11) is 1.06. The summed E-state index contributed by atoms with van der Waals surface area (Å²) in [5, 5.41) is 0. The second-order valence-corrected chi connectivity index (χ2v) is 12.2. The summed E-state index contributed by atoms with van der Waals surface area (Å²) in [4.78, 5) is 14.3. The number of hydrogen-bond acceptors (Lipinski definition) is 2. The van der Waals surface area contributed by atoms with Crippen LogP contribution in [0.5, 0.6) is 0 Å². The largest absolute Gasteiger partial charge is 0.306 e. The van der Waals surface area contributed by atoms with Crippen LogP contribution < -0.4 is 0 Å². The summed E-state index contributed by atoms with van der Waals surface area (Å²) in [6.07, 6.45) is 5.38. The van der Waals surface area contributed by atoms with E-state index in [9.17, 15) is 4.79 Å².